The van der Waals surface area contributed by atoms with Crippen LogP contribution >= 0.6 is 0 Å². The fourth-order valence-electron chi connectivity index (χ4n) is 3.89. The van der Waals surface area contributed by atoms with Gasteiger partial charge in [-0.1, -0.05) is 60.7 Å². The third kappa shape index (κ3) is 6.06. The molecule has 1 atom stereocenters. The number of methoxy groups -OCH3 is 3. The fraction of sp³-hybridized carbons (Fsp3) is 0.357. The van der Waals surface area contributed by atoms with Crippen molar-refractivity contribution in [3.05, 3.63) is 83.6 Å². The van der Waals surface area contributed by atoms with Crippen molar-refractivity contribution in [3.8, 4) is 11.9 Å². The molecule has 1 aromatic heterocycles. The molecule has 0 aliphatic rings. The summed E-state index contributed by atoms with van der Waals surface area (Å²) in [6, 6.07) is 19.8. The van der Waals surface area contributed by atoms with Gasteiger partial charge < -0.3 is 23.7 Å². The number of carbonyl (C=O) groups excluding carboxylic acids is 2. The van der Waals surface area contributed by atoms with Crippen LogP contribution in [0.4, 0.5) is 0 Å². The number of nitrogens with zero attached hydrogens (tertiary/aromatic N) is 2. The van der Waals surface area contributed by atoms with Crippen molar-refractivity contribution in [2.45, 2.75) is 32.5 Å². The molecule has 1 unspecified atom stereocenters. The van der Waals surface area contributed by atoms with Crippen LogP contribution in [0.3, 0.4) is 0 Å². The number of carbonyl (C=O) groups is 2. The lowest BCUT2D eigenvalue weighted by Gasteiger charge is -2.41. The zero-order valence-corrected chi connectivity index (χ0v) is 21.9. The van der Waals surface area contributed by atoms with Gasteiger partial charge in [0, 0.05) is 11.8 Å². The zero-order chi connectivity index (χ0) is 27.1. The Morgan fingerprint density at radius 3 is 1.92 bits per heavy atom. The number of ether oxygens (including phenoxy) is 5. The highest BCUT2D eigenvalue weighted by atomic mass is 16.6. The molecular weight excluding hydrogens is 476 g/mol. The van der Waals surface area contributed by atoms with E-state index in [2.05, 4.69) is 9.97 Å². The molecule has 0 spiro atoms. The molecule has 0 N–H and O–H groups in total. The minimum absolute atomic E-state index is 0.0979. The van der Waals surface area contributed by atoms with Crippen LogP contribution in [0.2, 0.25) is 0 Å². The van der Waals surface area contributed by atoms with Gasteiger partial charge in [0.2, 0.25) is 12.0 Å². The molecule has 9 nitrogen and oxygen atoms in total. The molecule has 0 amide bonds. The van der Waals surface area contributed by atoms with Gasteiger partial charge in [-0.2, -0.15) is 4.98 Å². The van der Waals surface area contributed by atoms with Crippen molar-refractivity contribution in [1.82, 2.24) is 9.97 Å². The average Bonchev–Trinajstić information content (AvgIpc) is 2.92. The summed E-state index contributed by atoms with van der Waals surface area (Å²) in [5.41, 5.74) is -0.855. The van der Waals surface area contributed by atoms with E-state index in [1.54, 1.807) is 26.8 Å². The lowest BCUT2D eigenvalue weighted by atomic mass is 9.80. The molecule has 1 heterocycles. The summed E-state index contributed by atoms with van der Waals surface area (Å²) in [6.07, 6.45) is -1.41. The van der Waals surface area contributed by atoms with Crippen molar-refractivity contribution in [2.24, 2.45) is 5.41 Å². The molecular formula is C28H32N2O7. The minimum atomic E-state index is -1.57. The summed E-state index contributed by atoms with van der Waals surface area (Å²) in [4.78, 5) is 34.6. The van der Waals surface area contributed by atoms with Crippen LogP contribution in [-0.4, -0.2) is 55.9 Å². The maximum Gasteiger partial charge on any atom is 0.351 e. The first-order chi connectivity index (χ1) is 17.7. The van der Waals surface area contributed by atoms with E-state index < -0.39 is 29.1 Å². The second kappa shape index (κ2) is 11.8. The largest absolute Gasteiger partial charge is 0.481 e. The summed E-state index contributed by atoms with van der Waals surface area (Å²) < 4.78 is 28.3. The van der Waals surface area contributed by atoms with Gasteiger partial charge in [0.15, 0.2) is 5.60 Å². The van der Waals surface area contributed by atoms with Gasteiger partial charge in [-0.25, -0.2) is 9.78 Å². The van der Waals surface area contributed by atoms with Crippen LogP contribution in [0.5, 0.6) is 11.9 Å². The lowest BCUT2D eigenvalue weighted by molar-refractivity contribution is -0.176. The molecule has 0 saturated carbocycles. The first kappa shape index (κ1) is 27.6. The topological polar surface area (TPSA) is 106 Å². The number of hydrogen-bond acceptors (Lipinski definition) is 9. The Morgan fingerprint density at radius 1 is 0.865 bits per heavy atom. The summed E-state index contributed by atoms with van der Waals surface area (Å²) >= 11 is 0. The van der Waals surface area contributed by atoms with Crippen LogP contribution in [0.1, 0.15) is 30.7 Å². The van der Waals surface area contributed by atoms with Crippen LogP contribution in [0.15, 0.2) is 66.7 Å². The molecule has 0 fully saturated rings. The van der Waals surface area contributed by atoms with Gasteiger partial charge in [-0.3, -0.25) is 4.79 Å². The van der Waals surface area contributed by atoms with E-state index in [9.17, 15) is 9.59 Å². The first-order valence-corrected chi connectivity index (χ1v) is 11.7. The van der Waals surface area contributed by atoms with Gasteiger partial charge in [0.1, 0.15) is 0 Å². The molecule has 37 heavy (non-hydrogen) atoms. The van der Waals surface area contributed by atoms with Crippen LogP contribution in [-0.2, 0) is 29.4 Å². The van der Waals surface area contributed by atoms with Gasteiger partial charge in [0.25, 0.3) is 0 Å². The predicted molar refractivity (Wildman–Crippen MR) is 135 cm³/mol. The second-order valence-electron chi connectivity index (χ2n) is 8.99. The summed E-state index contributed by atoms with van der Waals surface area (Å²) in [7, 11) is 4.05. The average molecular weight is 509 g/mol. The van der Waals surface area contributed by atoms with Gasteiger partial charge >= 0.3 is 17.9 Å². The predicted octanol–water partition coefficient (Wildman–Crippen LogP) is 3.87. The minimum Gasteiger partial charge on any atom is -0.481 e. The maximum absolute atomic E-state index is 13.5. The lowest BCUT2D eigenvalue weighted by Crippen LogP contribution is -2.53. The van der Waals surface area contributed by atoms with Gasteiger partial charge in [-0.05, 0) is 31.9 Å². The number of aryl methyl sites for hydroxylation is 1. The third-order valence-corrected chi connectivity index (χ3v) is 5.83. The fourth-order valence-corrected chi connectivity index (χ4v) is 3.89. The number of esters is 2. The SMILES string of the molecule is COC(=O)C(Oc1nc(C)cc(OC)n1)C(OCC(C)(C)C(=O)OC)(c1ccccc1)c1ccccc1. The highest BCUT2D eigenvalue weighted by Gasteiger charge is 2.52. The van der Waals surface area contributed by atoms with Crippen LogP contribution in [0, 0.1) is 12.3 Å². The summed E-state index contributed by atoms with van der Waals surface area (Å²) in [6.45, 7) is 5.03. The van der Waals surface area contributed by atoms with Crippen molar-refractivity contribution in [3.63, 3.8) is 0 Å². The number of benzene rings is 2. The van der Waals surface area contributed by atoms with Gasteiger partial charge in [-0.15, -0.1) is 0 Å². The molecule has 2 aromatic carbocycles. The van der Waals surface area contributed by atoms with Crippen molar-refractivity contribution in [2.75, 3.05) is 27.9 Å². The molecule has 0 aliphatic heterocycles. The van der Waals surface area contributed by atoms with Crippen molar-refractivity contribution < 1.29 is 33.3 Å². The van der Waals surface area contributed by atoms with Crippen molar-refractivity contribution >= 4 is 11.9 Å². The monoisotopic (exact) mass is 508 g/mol. The van der Waals surface area contributed by atoms with Gasteiger partial charge in [0.05, 0.1) is 33.4 Å². The Morgan fingerprint density at radius 2 is 1.43 bits per heavy atom. The Balaban J connectivity index is 2.27. The third-order valence-electron chi connectivity index (χ3n) is 5.83. The Labute approximate surface area is 216 Å². The normalized spacial score (nSPS) is 12.4. The van der Waals surface area contributed by atoms with E-state index in [0.29, 0.717) is 16.8 Å². The molecule has 9 heteroatoms. The molecule has 3 rings (SSSR count). The van der Waals surface area contributed by atoms with E-state index in [1.165, 1.54) is 21.3 Å². The Kier molecular flexibility index (Phi) is 8.83. The number of hydrogen-bond donors (Lipinski definition) is 0. The quantitative estimate of drug-likeness (QED) is 0.357. The highest BCUT2D eigenvalue weighted by Crippen LogP contribution is 2.41. The smallest absolute Gasteiger partial charge is 0.351 e. The Hall–Kier alpha value is -3.98. The zero-order valence-electron chi connectivity index (χ0n) is 21.9. The van der Waals surface area contributed by atoms with Crippen molar-refractivity contribution in [1.29, 1.82) is 0 Å². The van der Waals surface area contributed by atoms with E-state index in [0.717, 1.165) is 0 Å². The van der Waals surface area contributed by atoms with Crippen LogP contribution < -0.4 is 9.47 Å². The first-order valence-electron chi connectivity index (χ1n) is 11.7. The van der Waals surface area contributed by atoms with E-state index in [-0.39, 0.29) is 18.5 Å². The summed E-state index contributed by atoms with van der Waals surface area (Å²) in [5.74, 6) is -0.929. The molecule has 196 valence electrons. The van der Waals surface area contributed by atoms with Crippen LogP contribution in [0.25, 0.3) is 0 Å². The van der Waals surface area contributed by atoms with E-state index in [1.807, 2.05) is 60.7 Å². The maximum atomic E-state index is 13.5. The number of rotatable bonds is 11. The molecule has 0 radical (unpaired) electrons. The molecule has 0 bridgehead atoms. The molecule has 3 aromatic rings. The Bertz CT molecular complexity index is 1160. The molecule has 0 saturated heterocycles. The number of aromatic nitrogens is 2. The second-order valence-corrected chi connectivity index (χ2v) is 8.99. The standard InChI is InChI=1S/C28H32N2O7/c1-19-17-22(33-4)30-26(29-19)37-23(24(31)34-5)28(20-13-9-7-10-14-20,21-15-11-8-12-16-21)36-18-27(2,3)25(32)35-6/h7-17,23H,18H2,1-6H3. The molecule has 0 aliphatic carbocycles. The highest BCUT2D eigenvalue weighted by molar-refractivity contribution is 5.78. The summed E-state index contributed by atoms with van der Waals surface area (Å²) in [5, 5.41) is 0. The van der Waals surface area contributed by atoms with E-state index >= 15 is 0 Å². The van der Waals surface area contributed by atoms with E-state index in [4.69, 9.17) is 23.7 Å².